The molecule has 190 valence electrons. The number of nitrogens with one attached hydrogen (secondary N) is 3. The van der Waals surface area contributed by atoms with Gasteiger partial charge in [0, 0.05) is 43.3 Å². The van der Waals surface area contributed by atoms with Gasteiger partial charge in [-0.15, -0.1) is 0 Å². The average molecular weight is 501 g/mol. The predicted octanol–water partition coefficient (Wildman–Crippen LogP) is 3.96. The van der Waals surface area contributed by atoms with Crippen molar-refractivity contribution in [1.29, 1.82) is 0 Å². The first-order chi connectivity index (χ1) is 17.1. The second kappa shape index (κ2) is 11.6. The molecule has 3 rings (SSSR count). The van der Waals surface area contributed by atoms with E-state index in [1.54, 1.807) is 49.9 Å². The van der Waals surface area contributed by atoms with E-state index < -0.39 is 17.6 Å². The highest BCUT2D eigenvalue weighted by Crippen LogP contribution is 2.34. The number of hydrogen-bond acceptors (Lipinski definition) is 7. The number of aryl methyl sites for hydroxylation is 1. The van der Waals surface area contributed by atoms with Crippen LogP contribution in [0.25, 0.3) is 5.70 Å². The number of carbonyl (C=O) groups excluding carboxylic acids is 1. The molecule has 0 unspecified atom stereocenters. The maximum absolute atomic E-state index is 13.2. The zero-order valence-electron chi connectivity index (χ0n) is 19.7. The second-order valence-corrected chi connectivity index (χ2v) is 7.81. The first-order valence-corrected chi connectivity index (χ1v) is 11.0. The van der Waals surface area contributed by atoms with Gasteiger partial charge in [0.2, 0.25) is 0 Å². The fraction of sp³-hybridized carbons (Fsp3) is 0.200. The molecule has 1 aromatic heterocycles. The van der Waals surface area contributed by atoms with E-state index in [9.17, 15) is 18.0 Å². The Balaban J connectivity index is 1.91. The molecule has 0 bridgehead atoms. The van der Waals surface area contributed by atoms with E-state index >= 15 is 0 Å². The Labute approximate surface area is 206 Å². The van der Waals surface area contributed by atoms with Gasteiger partial charge in [0.15, 0.2) is 0 Å². The molecule has 0 saturated heterocycles. The molecular formula is C25H27F3N6O2. The fourth-order valence-electron chi connectivity index (χ4n) is 3.41. The van der Waals surface area contributed by atoms with Crippen molar-refractivity contribution in [3.05, 3.63) is 89.4 Å². The number of hydrazine groups is 1. The van der Waals surface area contributed by atoms with Gasteiger partial charge >= 0.3 is 6.18 Å². The van der Waals surface area contributed by atoms with Crippen LogP contribution in [0.3, 0.4) is 0 Å². The van der Waals surface area contributed by atoms with E-state index in [0.29, 0.717) is 11.4 Å². The molecule has 1 heterocycles. The highest BCUT2D eigenvalue weighted by molar-refractivity contribution is 6.06. The van der Waals surface area contributed by atoms with Gasteiger partial charge in [-0.2, -0.15) is 13.2 Å². The van der Waals surface area contributed by atoms with Crippen LogP contribution in [0.1, 0.15) is 27.0 Å². The Morgan fingerprint density at radius 3 is 2.56 bits per heavy atom. The predicted molar refractivity (Wildman–Crippen MR) is 134 cm³/mol. The van der Waals surface area contributed by atoms with Gasteiger partial charge in [-0.3, -0.25) is 14.8 Å². The summed E-state index contributed by atoms with van der Waals surface area (Å²) in [7, 11) is 1.74. The van der Waals surface area contributed by atoms with Gasteiger partial charge in [-0.05, 0) is 55.0 Å². The zero-order chi connectivity index (χ0) is 26.3. The van der Waals surface area contributed by atoms with Crippen LogP contribution in [0.4, 0.5) is 30.2 Å². The van der Waals surface area contributed by atoms with E-state index in [0.717, 1.165) is 23.3 Å². The summed E-state index contributed by atoms with van der Waals surface area (Å²) in [5.41, 5.74) is 2.24. The molecule has 2 aromatic carbocycles. The van der Waals surface area contributed by atoms with Crippen LogP contribution >= 0.6 is 0 Å². The van der Waals surface area contributed by atoms with Crippen molar-refractivity contribution in [2.75, 3.05) is 35.8 Å². The maximum atomic E-state index is 13.2. The van der Waals surface area contributed by atoms with E-state index in [2.05, 4.69) is 20.9 Å². The second-order valence-electron chi connectivity index (χ2n) is 7.81. The number of nitrogens with zero attached hydrogens (tertiary/aromatic N) is 2. The normalized spacial score (nSPS) is 11.7. The smallest absolute Gasteiger partial charge is 0.395 e. The van der Waals surface area contributed by atoms with Crippen molar-refractivity contribution in [2.45, 2.75) is 13.1 Å². The van der Waals surface area contributed by atoms with Crippen molar-refractivity contribution in [2.24, 2.45) is 5.84 Å². The molecule has 0 aliphatic rings. The molecular weight excluding hydrogens is 473 g/mol. The molecule has 11 heteroatoms. The van der Waals surface area contributed by atoms with E-state index in [-0.39, 0.29) is 30.1 Å². The first kappa shape index (κ1) is 26.5. The van der Waals surface area contributed by atoms with E-state index in [4.69, 9.17) is 10.9 Å². The first-order valence-electron chi connectivity index (χ1n) is 11.0. The number of anilines is 3. The van der Waals surface area contributed by atoms with Crippen molar-refractivity contribution in [3.8, 4) is 0 Å². The van der Waals surface area contributed by atoms with Crippen LogP contribution in [0.15, 0.2) is 67.1 Å². The number of alkyl halides is 3. The summed E-state index contributed by atoms with van der Waals surface area (Å²) < 4.78 is 39.7. The minimum absolute atomic E-state index is 0.0658. The van der Waals surface area contributed by atoms with Crippen molar-refractivity contribution < 1.29 is 23.1 Å². The molecule has 0 atom stereocenters. The Kier molecular flexibility index (Phi) is 8.51. The van der Waals surface area contributed by atoms with Gasteiger partial charge in [0.25, 0.3) is 5.91 Å². The van der Waals surface area contributed by atoms with Crippen molar-refractivity contribution in [3.63, 3.8) is 0 Å². The van der Waals surface area contributed by atoms with Crippen LogP contribution in [0.2, 0.25) is 0 Å². The minimum atomic E-state index is -4.59. The highest BCUT2D eigenvalue weighted by atomic mass is 19.4. The summed E-state index contributed by atoms with van der Waals surface area (Å²) in [5, 5.41) is 18.8. The van der Waals surface area contributed by atoms with Gasteiger partial charge in [-0.25, -0.2) is 5.84 Å². The third kappa shape index (κ3) is 6.52. The number of halogens is 3. The molecule has 3 aromatic rings. The average Bonchev–Trinajstić information content (AvgIpc) is 2.86. The lowest BCUT2D eigenvalue weighted by Crippen LogP contribution is -2.27. The zero-order valence-corrected chi connectivity index (χ0v) is 19.7. The third-order valence-corrected chi connectivity index (χ3v) is 5.28. The van der Waals surface area contributed by atoms with Crippen LogP contribution in [0, 0.1) is 6.92 Å². The lowest BCUT2D eigenvalue weighted by molar-refractivity contribution is -0.137. The lowest BCUT2D eigenvalue weighted by Gasteiger charge is -2.20. The molecule has 6 N–H and O–H groups in total. The molecule has 8 nitrogen and oxygen atoms in total. The van der Waals surface area contributed by atoms with E-state index in [1.165, 1.54) is 11.1 Å². The molecule has 0 spiro atoms. The highest BCUT2D eigenvalue weighted by Gasteiger charge is 2.31. The molecule has 0 radical (unpaired) electrons. The largest absolute Gasteiger partial charge is 0.416 e. The number of carbonyl (C=O) groups is 1. The van der Waals surface area contributed by atoms with Crippen LogP contribution in [-0.2, 0) is 6.18 Å². The Morgan fingerprint density at radius 2 is 1.92 bits per heavy atom. The van der Waals surface area contributed by atoms with Gasteiger partial charge in [0.05, 0.1) is 34.9 Å². The summed E-state index contributed by atoms with van der Waals surface area (Å²) in [4.78, 5) is 17.1. The number of hydrogen-bond donors (Lipinski definition) is 5. The van der Waals surface area contributed by atoms with Gasteiger partial charge < -0.3 is 21.1 Å². The minimum Gasteiger partial charge on any atom is -0.395 e. The molecule has 0 aliphatic carbocycles. The van der Waals surface area contributed by atoms with Crippen LogP contribution in [-0.4, -0.2) is 36.2 Å². The molecule has 36 heavy (non-hydrogen) atoms. The van der Waals surface area contributed by atoms with Gasteiger partial charge in [-0.1, -0.05) is 6.07 Å². The number of aliphatic hydroxyl groups is 1. The number of amides is 1. The SMILES string of the molecule is CN/C(=C\N(N)c1cc(C(=O)Nc2cc(C(F)(F)F)ccc2NCCO)ccc1C)c1cccnc1. The number of benzene rings is 2. The van der Waals surface area contributed by atoms with E-state index in [1.807, 2.05) is 13.0 Å². The summed E-state index contributed by atoms with van der Waals surface area (Å²) in [6, 6.07) is 11.4. The van der Waals surface area contributed by atoms with Gasteiger partial charge in [0.1, 0.15) is 0 Å². The molecule has 1 amide bonds. The Hall–Kier alpha value is -4.09. The van der Waals surface area contributed by atoms with Crippen LogP contribution in [0.5, 0.6) is 0 Å². The van der Waals surface area contributed by atoms with Crippen molar-refractivity contribution >= 4 is 28.7 Å². The monoisotopic (exact) mass is 500 g/mol. The summed E-state index contributed by atoms with van der Waals surface area (Å²) in [5.74, 6) is 5.66. The summed E-state index contributed by atoms with van der Waals surface area (Å²) >= 11 is 0. The van der Waals surface area contributed by atoms with Crippen LogP contribution < -0.4 is 26.8 Å². The topological polar surface area (TPSA) is 116 Å². The third-order valence-electron chi connectivity index (χ3n) is 5.28. The Bertz CT molecular complexity index is 1230. The fourth-order valence-corrected chi connectivity index (χ4v) is 3.41. The van der Waals surface area contributed by atoms with Crippen molar-refractivity contribution in [1.82, 2.24) is 10.3 Å². The number of nitrogens with two attached hydrogens (primary N) is 1. The number of aromatic nitrogens is 1. The molecule has 0 aliphatic heterocycles. The summed E-state index contributed by atoms with van der Waals surface area (Å²) in [6.07, 6.45) is 0.380. The quantitative estimate of drug-likeness (QED) is 0.223. The maximum Gasteiger partial charge on any atom is 0.416 e. The number of aliphatic hydroxyl groups excluding tert-OH is 1. The summed E-state index contributed by atoms with van der Waals surface area (Å²) in [6.45, 7) is 1.68. The number of pyridine rings is 1. The lowest BCUT2D eigenvalue weighted by atomic mass is 10.1. The Morgan fingerprint density at radius 1 is 1.14 bits per heavy atom. The standard InChI is InChI=1S/C25H27F3N6O2/c1-16-5-6-17(12-23(16)34(29)15-22(30-2)18-4-3-9-31-14-18)24(36)33-21-13-19(25(26,27)28)7-8-20(21)32-10-11-35/h3-9,12-15,30,32,35H,10-11,29H2,1-2H3,(H,33,36)/b22-15-. The molecule has 0 fully saturated rings. The molecule has 0 saturated carbocycles. The number of rotatable bonds is 9.